The lowest BCUT2D eigenvalue weighted by Crippen LogP contribution is -2.29. The molecule has 2 heteroatoms. The lowest BCUT2D eigenvalue weighted by Gasteiger charge is -2.17. The summed E-state index contributed by atoms with van der Waals surface area (Å²) in [6, 6.07) is 10.4. The second-order valence-corrected chi connectivity index (χ2v) is 4.70. The molecule has 1 amide bonds. The number of benzene rings is 1. The predicted octanol–water partition coefficient (Wildman–Crippen LogP) is 2.91. The van der Waals surface area contributed by atoms with E-state index in [0.717, 1.165) is 12.8 Å². The van der Waals surface area contributed by atoms with E-state index in [4.69, 9.17) is 0 Å². The summed E-state index contributed by atoms with van der Waals surface area (Å²) in [5.74, 6) is 1.06. The maximum absolute atomic E-state index is 11.8. The van der Waals surface area contributed by atoms with Crippen LogP contribution in [0, 0.1) is 11.8 Å². The maximum Gasteiger partial charge on any atom is 0.223 e. The molecule has 0 saturated heterocycles. The van der Waals surface area contributed by atoms with E-state index < -0.39 is 0 Å². The SMILES string of the molecule is CC[C@H](NC(=O)[C@@H]1C[C@@H]1C)c1ccccc1. The van der Waals surface area contributed by atoms with Crippen molar-refractivity contribution in [1.29, 1.82) is 0 Å². The van der Waals surface area contributed by atoms with Crippen molar-refractivity contribution < 1.29 is 4.79 Å². The van der Waals surface area contributed by atoms with Crippen LogP contribution in [-0.2, 0) is 4.79 Å². The van der Waals surface area contributed by atoms with Gasteiger partial charge in [-0.3, -0.25) is 4.79 Å². The van der Waals surface area contributed by atoms with Crippen LogP contribution >= 0.6 is 0 Å². The zero-order valence-electron chi connectivity index (χ0n) is 9.94. The van der Waals surface area contributed by atoms with E-state index in [1.54, 1.807) is 0 Å². The molecule has 1 aromatic rings. The molecule has 1 aromatic carbocycles. The average molecular weight is 217 g/mol. The first-order valence-corrected chi connectivity index (χ1v) is 6.07. The fraction of sp³-hybridized carbons (Fsp3) is 0.500. The molecule has 0 radical (unpaired) electrons. The van der Waals surface area contributed by atoms with Crippen molar-refractivity contribution in [2.45, 2.75) is 32.7 Å². The van der Waals surface area contributed by atoms with Crippen LogP contribution in [0.1, 0.15) is 38.3 Å². The quantitative estimate of drug-likeness (QED) is 0.825. The Labute approximate surface area is 97.1 Å². The maximum atomic E-state index is 11.8. The van der Waals surface area contributed by atoms with E-state index in [2.05, 4.69) is 31.3 Å². The summed E-state index contributed by atoms with van der Waals surface area (Å²) in [4.78, 5) is 11.8. The topological polar surface area (TPSA) is 29.1 Å². The third-order valence-electron chi connectivity index (χ3n) is 3.37. The Balaban J connectivity index is 1.98. The molecular formula is C14H19NO. The number of amides is 1. The first kappa shape index (κ1) is 11.2. The van der Waals surface area contributed by atoms with Crippen LogP contribution in [0.15, 0.2) is 30.3 Å². The molecule has 0 heterocycles. The second kappa shape index (κ2) is 4.69. The minimum atomic E-state index is 0.168. The van der Waals surface area contributed by atoms with Crippen LogP contribution in [-0.4, -0.2) is 5.91 Å². The Hall–Kier alpha value is -1.31. The molecule has 0 spiro atoms. The van der Waals surface area contributed by atoms with Gasteiger partial charge in [0.25, 0.3) is 0 Å². The Kier molecular flexibility index (Phi) is 3.28. The summed E-state index contributed by atoms with van der Waals surface area (Å²) < 4.78 is 0. The first-order chi connectivity index (χ1) is 7.72. The normalized spacial score (nSPS) is 24.9. The van der Waals surface area contributed by atoms with Crippen molar-refractivity contribution in [2.75, 3.05) is 0 Å². The Bertz CT molecular complexity index is 360. The van der Waals surface area contributed by atoms with Crippen molar-refractivity contribution in [1.82, 2.24) is 5.32 Å². The van der Waals surface area contributed by atoms with Crippen molar-refractivity contribution in [3.05, 3.63) is 35.9 Å². The Morgan fingerprint density at radius 3 is 2.56 bits per heavy atom. The molecule has 0 bridgehead atoms. The zero-order chi connectivity index (χ0) is 11.5. The molecule has 1 saturated carbocycles. The molecule has 3 atom stereocenters. The van der Waals surface area contributed by atoms with E-state index in [1.807, 2.05) is 18.2 Å². The van der Waals surface area contributed by atoms with E-state index in [1.165, 1.54) is 5.56 Å². The first-order valence-electron chi connectivity index (χ1n) is 6.07. The van der Waals surface area contributed by atoms with Crippen molar-refractivity contribution in [2.24, 2.45) is 11.8 Å². The third kappa shape index (κ3) is 2.43. The van der Waals surface area contributed by atoms with Gasteiger partial charge in [-0.1, -0.05) is 44.2 Å². The van der Waals surface area contributed by atoms with Crippen LogP contribution in [0.3, 0.4) is 0 Å². The second-order valence-electron chi connectivity index (χ2n) is 4.70. The molecule has 0 aromatic heterocycles. The lowest BCUT2D eigenvalue weighted by atomic mass is 10.0. The van der Waals surface area contributed by atoms with Gasteiger partial charge >= 0.3 is 0 Å². The highest BCUT2D eigenvalue weighted by Crippen LogP contribution is 2.38. The average Bonchev–Trinajstić information content (AvgIpc) is 3.04. The highest BCUT2D eigenvalue weighted by molar-refractivity contribution is 5.81. The van der Waals surface area contributed by atoms with Gasteiger partial charge < -0.3 is 5.32 Å². The van der Waals surface area contributed by atoms with E-state index >= 15 is 0 Å². The van der Waals surface area contributed by atoms with Gasteiger partial charge in [0.05, 0.1) is 6.04 Å². The van der Waals surface area contributed by atoms with Gasteiger partial charge in [0, 0.05) is 5.92 Å². The largest absolute Gasteiger partial charge is 0.349 e. The zero-order valence-corrected chi connectivity index (χ0v) is 9.94. The summed E-state index contributed by atoms with van der Waals surface area (Å²) in [6.45, 7) is 4.24. The molecule has 86 valence electrons. The van der Waals surface area contributed by atoms with Gasteiger partial charge in [0.15, 0.2) is 0 Å². The number of nitrogens with one attached hydrogen (secondary N) is 1. The van der Waals surface area contributed by atoms with Crippen LogP contribution < -0.4 is 5.32 Å². The molecule has 1 fully saturated rings. The monoisotopic (exact) mass is 217 g/mol. The third-order valence-corrected chi connectivity index (χ3v) is 3.37. The van der Waals surface area contributed by atoms with Crippen LogP contribution in [0.2, 0.25) is 0 Å². The van der Waals surface area contributed by atoms with Gasteiger partial charge in [-0.25, -0.2) is 0 Å². The molecule has 2 nitrogen and oxygen atoms in total. The molecule has 1 aliphatic rings. The van der Waals surface area contributed by atoms with Gasteiger partial charge in [0.1, 0.15) is 0 Å². The van der Waals surface area contributed by atoms with Gasteiger partial charge in [-0.05, 0) is 24.3 Å². The van der Waals surface area contributed by atoms with Gasteiger partial charge in [-0.2, -0.15) is 0 Å². The molecule has 2 rings (SSSR count). The summed E-state index contributed by atoms with van der Waals surface area (Å²) in [7, 11) is 0. The van der Waals surface area contributed by atoms with Gasteiger partial charge in [0.2, 0.25) is 5.91 Å². The lowest BCUT2D eigenvalue weighted by molar-refractivity contribution is -0.123. The van der Waals surface area contributed by atoms with Crippen LogP contribution in [0.4, 0.5) is 0 Å². The Morgan fingerprint density at radius 2 is 2.06 bits per heavy atom. The number of carbonyl (C=O) groups excluding carboxylic acids is 1. The van der Waals surface area contributed by atoms with Crippen LogP contribution in [0.5, 0.6) is 0 Å². The van der Waals surface area contributed by atoms with Gasteiger partial charge in [-0.15, -0.1) is 0 Å². The summed E-state index contributed by atoms with van der Waals surface area (Å²) >= 11 is 0. The molecular weight excluding hydrogens is 198 g/mol. The predicted molar refractivity (Wildman–Crippen MR) is 64.9 cm³/mol. The standard InChI is InChI=1S/C14H19NO/c1-3-13(11-7-5-4-6-8-11)15-14(16)12-9-10(12)2/h4-8,10,12-13H,3,9H2,1-2H3,(H,15,16)/t10-,12+,13-/m0/s1. The molecule has 1 N–H and O–H groups in total. The Morgan fingerprint density at radius 1 is 1.44 bits per heavy atom. The summed E-state index contributed by atoms with van der Waals surface area (Å²) in [5, 5.41) is 3.14. The number of hydrogen-bond acceptors (Lipinski definition) is 1. The molecule has 0 unspecified atom stereocenters. The minimum Gasteiger partial charge on any atom is -0.349 e. The van der Waals surface area contributed by atoms with Crippen molar-refractivity contribution in [3.63, 3.8) is 0 Å². The highest BCUT2D eigenvalue weighted by Gasteiger charge is 2.39. The van der Waals surface area contributed by atoms with E-state index in [0.29, 0.717) is 5.92 Å². The van der Waals surface area contributed by atoms with Crippen LogP contribution in [0.25, 0.3) is 0 Å². The fourth-order valence-electron chi connectivity index (χ4n) is 2.07. The molecule has 16 heavy (non-hydrogen) atoms. The summed E-state index contributed by atoms with van der Waals surface area (Å²) in [6.07, 6.45) is 1.99. The number of rotatable bonds is 4. The highest BCUT2D eigenvalue weighted by atomic mass is 16.2. The van der Waals surface area contributed by atoms with E-state index in [9.17, 15) is 4.79 Å². The molecule has 1 aliphatic carbocycles. The van der Waals surface area contributed by atoms with E-state index in [-0.39, 0.29) is 17.9 Å². The smallest absolute Gasteiger partial charge is 0.223 e. The number of hydrogen-bond donors (Lipinski definition) is 1. The fourth-order valence-corrected chi connectivity index (χ4v) is 2.07. The van der Waals surface area contributed by atoms with Crippen molar-refractivity contribution in [3.8, 4) is 0 Å². The van der Waals surface area contributed by atoms with Crippen molar-refractivity contribution >= 4 is 5.91 Å². The molecule has 0 aliphatic heterocycles. The number of carbonyl (C=O) groups is 1. The summed E-state index contributed by atoms with van der Waals surface area (Å²) in [5.41, 5.74) is 1.20. The minimum absolute atomic E-state index is 0.168.